The molecule has 1 rings (SSSR count). The number of likely N-dealkylation sites (N-methyl/N-ethyl adjacent to an activating group) is 1. The summed E-state index contributed by atoms with van der Waals surface area (Å²) in [5.74, 6) is 0.0341. The fraction of sp³-hybridized carbons (Fsp3) is 0.500. The van der Waals surface area contributed by atoms with E-state index in [1.807, 2.05) is 19.1 Å². The zero-order chi connectivity index (χ0) is 13.5. The average Bonchev–Trinajstić information content (AvgIpc) is 2.35. The van der Waals surface area contributed by atoms with Crippen LogP contribution in [0.25, 0.3) is 0 Å². The van der Waals surface area contributed by atoms with E-state index in [0.29, 0.717) is 5.69 Å². The van der Waals surface area contributed by atoms with Crippen LogP contribution in [-0.4, -0.2) is 29.9 Å². The van der Waals surface area contributed by atoms with E-state index in [2.05, 4.69) is 24.1 Å². The summed E-state index contributed by atoms with van der Waals surface area (Å²) in [4.78, 5) is 14.4. The number of rotatable bonds is 6. The van der Waals surface area contributed by atoms with Crippen LogP contribution in [0.5, 0.6) is 0 Å². The monoisotopic (exact) mass is 249 g/mol. The molecule has 0 aromatic heterocycles. The van der Waals surface area contributed by atoms with E-state index in [4.69, 9.17) is 5.73 Å². The van der Waals surface area contributed by atoms with Crippen molar-refractivity contribution in [3.8, 4) is 0 Å². The van der Waals surface area contributed by atoms with Crippen molar-refractivity contribution < 1.29 is 4.79 Å². The molecule has 0 bridgehead atoms. The summed E-state index contributed by atoms with van der Waals surface area (Å²) in [7, 11) is 0. The highest BCUT2D eigenvalue weighted by molar-refractivity contribution is 5.95. The average molecular weight is 249 g/mol. The number of nitrogens with zero attached hydrogens (tertiary/aromatic N) is 1. The minimum atomic E-state index is -0.0820. The Bertz CT molecular complexity index is 388. The van der Waals surface area contributed by atoms with Crippen LogP contribution in [0.2, 0.25) is 0 Å². The molecule has 0 fully saturated rings. The van der Waals surface area contributed by atoms with Crippen molar-refractivity contribution in [1.29, 1.82) is 0 Å². The number of hydrogen-bond donors (Lipinski definition) is 2. The van der Waals surface area contributed by atoms with E-state index in [1.54, 1.807) is 12.1 Å². The number of benzene rings is 1. The van der Waals surface area contributed by atoms with Gasteiger partial charge in [0.25, 0.3) is 0 Å². The molecule has 18 heavy (non-hydrogen) atoms. The van der Waals surface area contributed by atoms with Gasteiger partial charge in [-0.2, -0.15) is 0 Å². The van der Waals surface area contributed by atoms with E-state index in [9.17, 15) is 4.79 Å². The first-order chi connectivity index (χ1) is 8.62. The topological polar surface area (TPSA) is 58.4 Å². The molecule has 1 atom stereocenters. The molecule has 0 heterocycles. The number of anilines is 2. The van der Waals surface area contributed by atoms with Gasteiger partial charge in [-0.1, -0.05) is 26.8 Å². The first kappa shape index (κ1) is 14.5. The number of hydrogen-bond acceptors (Lipinski definition) is 3. The Kier molecular flexibility index (Phi) is 5.65. The van der Waals surface area contributed by atoms with E-state index < -0.39 is 0 Å². The maximum Gasteiger partial charge on any atom is 0.241 e. The third-order valence-electron chi connectivity index (χ3n) is 3.10. The predicted octanol–water partition coefficient (Wildman–Crippen LogP) is 2.33. The second-order valence-electron chi connectivity index (χ2n) is 4.26. The minimum Gasteiger partial charge on any atom is -0.399 e. The van der Waals surface area contributed by atoms with Gasteiger partial charge in [0.1, 0.15) is 0 Å². The van der Waals surface area contributed by atoms with Crippen LogP contribution in [0, 0.1) is 0 Å². The molecule has 3 N–H and O–H groups in total. The van der Waals surface area contributed by atoms with Gasteiger partial charge in [-0.15, -0.1) is 0 Å². The molecule has 0 aliphatic carbocycles. The van der Waals surface area contributed by atoms with Crippen molar-refractivity contribution in [2.75, 3.05) is 24.1 Å². The summed E-state index contributed by atoms with van der Waals surface area (Å²) in [6.45, 7) is 7.92. The molecule has 4 nitrogen and oxygen atoms in total. The number of nitrogens with two attached hydrogens (primary N) is 1. The number of nitrogens with one attached hydrogen (secondary N) is 1. The third-order valence-corrected chi connectivity index (χ3v) is 3.10. The second-order valence-corrected chi connectivity index (χ2v) is 4.26. The Morgan fingerprint density at radius 3 is 2.50 bits per heavy atom. The summed E-state index contributed by atoms with van der Waals surface area (Å²) in [6, 6.07) is 7.18. The van der Waals surface area contributed by atoms with Gasteiger partial charge in [-0.3, -0.25) is 9.69 Å². The lowest BCUT2D eigenvalue weighted by atomic mass is 10.1. The van der Waals surface area contributed by atoms with Crippen LogP contribution < -0.4 is 11.1 Å². The summed E-state index contributed by atoms with van der Waals surface area (Å²) in [5, 5.41) is 2.92. The van der Waals surface area contributed by atoms with Crippen molar-refractivity contribution in [2.45, 2.75) is 33.2 Å². The molecule has 1 unspecified atom stereocenters. The van der Waals surface area contributed by atoms with E-state index in [1.165, 1.54) is 0 Å². The van der Waals surface area contributed by atoms with Crippen molar-refractivity contribution in [3.05, 3.63) is 24.3 Å². The van der Waals surface area contributed by atoms with Crippen molar-refractivity contribution >= 4 is 17.3 Å². The van der Waals surface area contributed by atoms with Gasteiger partial charge in [0.15, 0.2) is 0 Å². The molecular weight excluding hydrogens is 226 g/mol. The Labute approximate surface area is 109 Å². The number of carbonyl (C=O) groups is 1. The number of nitrogen functional groups attached to an aromatic ring is 1. The highest BCUT2D eigenvalue weighted by Gasteiger charge is 2.21. The van der Waals surface area contributed by atoms with Crippen molar-refractivity contribution in [2.24, 2.45) is 0 Å². The lowest BCUT2D eigenvalue weighted by molar-refractivity contribution is -0.121. The summed E-state index contributed by atoms with van der Waals surface area (Å²) in [5.41, 5.74) is 7.10. The second kappa shape index (κ2) is 7.01. The molecule has 0 saturated carbocycles. The van der Waals surface area contributed by atoms with Crippen LogP contribution in [0.4, 0.5) is 11.4 Å². The summed E-state index contributed by atoms with van der Waals surface area (Å²) >= 11 is 0. The van der Waals surface area contributed by atoms with E-state index >= 15 is 0 Å². The zero-order valence-corrected chi connectivity index (χ0v) is 11.4. The van der Waals surface area contributed by atoms with Gasteiger partial charge in [0, 0.05) is 11.4 Å². The molecule has 0 spiro atoms. The number of carbonyl (C=O) groups excluding carboxylic acids is 1. The maximum atomic E-state index is 12.2. The largest absolute Gasteiger partial charge is 0.399 e. The molecule has 1 aromatic rings. The molecule has 0 radical (unpaired) electrons. The Hall–Kier alpha value is -1.55. The zero-order valence-electron chi connectivity index (χ0n) is 11.4. The third kappa shape index (κ3) is 3.74. The van der Waals surface area contributed by atoms with Gasteiger partial charge >= 0.3 is 0 Å². The standard InChI is InChI=1S/C14H23N3O/c1-4-13(17(5-2)6-3)14(18)16-12-9-7-8-11(15)10-12/h7-10,13H,4-6,15H2,1-3H3,(H,16,18). The minimum absolute atomic E-state index is 0.0341. The Balaban J connectivity index is 2.73. The van der Waals surface area contributed by atoms with Gasteiger partial charge in [0.05, 0.1) is 6.04 Å². The van der Waals surface area contributed by atoms with Crippen molar-refractivity contribution in [3.63, 3.8) is 0 Å². The van der Waals surface area contributed by atoms with Crippen LogP contribution >= 0.6 is 0 Å². The van der Waals surface area contributed by atoms with E-state index in [-0.39, 0.29) is 11.9 Å². The molecule has 1 amide bonds. The van der Waals surface area contributed by atoms with Gasteiger partial charge < -0.3 is 11.1 Å². The molecule has 1 aromatic carbocycles. The molecule has 0 aliphatic heterocycles. The normalized spacial score (nSPS) is 12.4. The SMILES string of the molecule is CCC(C(=O)Nc1cccc(N)c1)N(CC)CC. The lowest BCUT2D eigenvalue weighted by Crippen LogP contribution is -2.43. The highest BCUT2D eigenvalue weighted by Crippen LogP contribution is 2.14. The molecular formula is C14H23N3O. The fourth-order valence-corrected chi connectivity index (χ4v) is 2.12. The van der Waals surface area contributed by atoms with Gasteiger partial charge in [-0.25, -0.2) is 0 Å². The first-order valence-electron chi connectivity index (χ1n) is 6.52. The highest BCUT2D eigenvalue weighted by atomic mass is 16.2. The van der Waals surface area contributed by atoms with Gasteiger partial charge in [-0.05, 0) is 37.7 Å². The predicted molar refractivity (Wildman–Crippen MR) is 76.5 cm³/mol. The first-order valence-corrected chi connectivity index (χ1v) is 6.52. The van der Waals surface area contributed by atoms with Crippen molar-refractivity contribution in [1.82, 2.24) is 4.90 Å². The van der Waals surface area contributed by atoms with Crippen LogP contribution in [0.3, 0.4) is 0 Å². The van der Waals surface area contributed by atoms with E-state index in [0.717, 1.165) is 25.2 Å². The molecule has 4 heteroatoms. The fourth-order valence-electron chi connectivity index (χ4n) is 2.12. The summed E-state index contributed by atoms with van der Waals surface area (Å²) in [6.07, 6.45) is 0.801. The molecule has 0 aliphatic rings. The van der Waals surface area contributed by atoms with Crippen LogP contribution in [-0.2, 0) is 4.79 Å². The summed E-state index contributed by atoms with van der Waals surface area (Å²) < 4.78 is 0. The molecule has 100 valence electrons. The van der Waals surface area contributed by atoms with Crippen LogP contribution in [0.1, 0.15) is 27.2 Å². The van der Waals surface area contributed by atoms with Gasteiger partial charge in [0.2, 0.25) is 5.91 Å². The van der Waals surface area contributed by atoms with Crippen LogP contribution in [0.15, 0.2) is 24.3 Å². The quantitative estimate of drug-likeness (QED) is 0.761. The number of amides is 1. The lowest BCUT2D eigenvalue weighted by Gasteiger charge is -2.27. The Morgan fingerprint density at radius 1 is 1.33 bits per heavy atom. The molecule has 0 saturated heterocycles. The maximum absolute atomic E-state index is 12.2. The smallest absolute Gasteiger partial charge is 0.241 e. The Morgan fingerprint density at radius 2 is 2.00 bits per heavy atom.